The van der Waals surface area contributed by atoms with E-state index < -0.39 is 38.5 Å². The third-order valence-electron chi connectivity index (χ3n) is 4.98. The Morgan fingerprint density at radius 3 is 2.43 bits per heavy atom. The van der Waals surface area contributed by atoms with Crippen molar-refractivity contribution in [1.29, 1.82) is 0 Å². The van der Waals surface area contributed by atoms with Crippen LogP contribution in [0.5, 0.6) is 0 Å². The molecule has 1 N–H and O–H groups in total. The van der Waals surface area contributed by atoms with E-state index in [-0.39, 0.29) is 16.6 Å². The van der Waals surface area contributed by atoms with E-state index in [1.54, 1.807) is 0 Å². The van der Waals surface area contributed by atoms with Crippen molar-refractivity contribution in [3.63, 3.8) is 0 Å². The van der Waals surface area contributed by atoms with Crippen molar-refractivity contribution in [2.45, 2.75) is 55.7 Å². The van der Waals surface area contributed by atoms with Crippen molar-refractivity contribution in [2.24, 2.45) is 5.92 Å². The summed E-state index contributed by atoms with van der Waals surface area (Å²) in [5.41, 5.74) is -0.261. The second kappa shape index (κ2) is 9.13. The lowest BCUT2D eigenvalue weighted by atomic mass is 9.86. The summed E-state index contributed by atoms with van der Waals surface area (Å²) < 4.78 is 29.8. The second-order valence-corrected chi connectivity index (χ2v) is 9.25. The van der Waals surface area contributed by atoms with E-state index in [0.29, 0.717) is 5.92 Å². The molecule has 0 radical (unpaired) electrons. The first-order valence-corrected chi connectivity index (χ1v) is 10.6. The van der Waals surface area contributed by atoms with E-state index in [9.17, 15) is 28.1 Å². The molecule has 1 aliphatic carbocycles. The number of ether oxygens (including phenoxy) is 1. The van der Waals surface area contributed by atoms with Crippen molar-refractivity contribution >= 4 is 27.4 Å². The molecule has 0 unspecified atom stereocenters. The summed E-state index contributed by atoms with van der Waals surface area (Å²) in [6.07, 6.45) is 4.04. The lowest BCUT2D eigenvalue weighted by molar-refractivity contribution is -0.384. The number of nitrogens with zero attached hydrogens (tertiary/aromatic N) is 1. The number of nitro benzene ring substituents is 1. The molecule has 3 atom stereocenters. The van der Waals surface area contributed by atoms with E-state index in [1.165, 1.54) is 0 Å². The van der Waals surface area contributed by atoms with Gasteiger partial charge in [-0.25, -0.2) is 8.42 Å². The normalized spacial score (nSPS) is 20.8. The van der Waals surface area contributed by atoms with Crippen molar-refractivity contribution in [3.05, 3.63) is 34.4 Å². The first-order chi connectivity index (χ1) is 13.1. The van der Waals surface area contributed by atoms with Gasteiger partial charge in [0.05, 0.1) is 9.82 Å². The predicted molar refractivity (Wildman–Crippen MR) is 100 cm³/mol. The van der Waals surface area contributed by atoms with Crippen LogP contribution >= 0.6 is 0 Å². The first-order valence-electron chi connectivity index (χ1n) is 9.07. The highest BCUT2D eigenvalue weighted by molar-refractivity contribution is 7.92. The Morgan fingerprint density at radius 1 is 1.25 bits per heavy atom. The third kappa shape index (κ3) is 5.28. The summed E-state index contributed by atoms with van der Waals surface area (Å²) in [6, 6.07) is 4.25. The number of rotatable bonds is 7. The zero-order valence-corrected chi connectivity index (χ0v) is 16.6. The lowest BCUT2D eigenvalue weighted by Crippen LogP contribution is -2.43. The van der Waals surface area contributed by atoms with Gasteiger partial charge >= 0.3 is 5.97 Å². The molecule has 0 saturated heterocycles. The van der Waals surface area contributed by atoms with Gasteiger partial charge in [-0.1, -0.05) is 19.8 Å². The summed E-state index contributed by atoms with van der Waals surface area (Å²) in [7, 11) is -4.09. The number of nitrogens with one attached hydrogen (secondary N) is 1. The molecule has 1 aromatic carbocycles. The van der Waals surface area contributed by atoms with Crippen LogP contribution in [0.15, 0.2) is 29.2 Å². The summed E-state index contributed by atoms with van der Waals surface area (Å²) >= 11 is 0. The van der Waals surface area contributed by atoms with Gasteiger partial charge in [-0.3, -0.25) is 19.7 Å². The van der Waals surface area contributed by atoms with Crippen LogP contribution in [0.4, 0.5) is 5.69 Å². The number of carbonyl (C=O) groups is 2. The minimum absolute atomic E-state index is 0.0289. The minimum atomic E-state index is -4.09. The number of carbonyl (C=O) groups excluding carboxylic acids is 2. The molecular formula is C18H24N2O7S. The maximum atomic E-state index is 12.5. The van der Waals surface area contributed by atoms with E-state index in [0.717, 1.165) is 56.9 Å². The van der Waals surface area contributed by atoms with Crippen molar-refractivity contribution in [2.75, 3.05) is 6.61 Å². The van der Waals surface area contributed by atoms with Crippen LogP contribution in [0.25, 0.3) is 0 Å². The minimum Gasteiger partial charge on any atom is -0.455 e. The molecule has 1 aromatic rings. The summed E-state index contributed by atoms with van der Waals surface area (Å²) in [5, 5.41) is 11.9. The number of non-ortho nitro benzene ring substituents is 1. The quantitative estimate of drug-likeness (QED) is 0.411. The fraction of sp³-hybridized carbons (Fsp3) is 0.556. The van der Waals surface area contributed by atoms with Crippen molar-refractivity contribution in [1.82, 2.24) is 5.32 Å². The van der Waals surface area contributed by atoms with Crippen LogP contribution in [0.3, 0.4) is 0 Å². The number of hydrogen-bond acceptors (Lipinski definition) is 7. The van der Waals surface area contributed by atoms with Crippen LogP contribution in [0, 0.1) is 16.0 Å². The number of esters is 1. The monoisotopic (exact) mass is 412 g/mol. The fourth-order valence-electron chi connectivity index (χ4n) is 3.12. The SMILES string of the molecule is C[C@@H]1CCCC[C@H]1NC(=O)COC(=O)[C@@H](C)S(=O)(=O)c1ccc([N+](=O)[O-])cc1. The topological polar surface area (TPSA) is 133 Å². The lowest BCUT2D eigenvalue weighted by Gasteiger charge is -2.29. The molecule has 28 heavy (non-hydrogen) atoms. The highest BCUT2D eigenvalue weighted by Crippen LogP contribution is 2.24. The zero-order valence-electron chi connectivity index (χ0n) is 15.8. The molecule has 1 aliphatic rings. The van der Waals surface area contributed by atoms with Gasteiger partial charge in [0.15, 0.2) is 21.7 Å². The molecule has 0 bridgehead atoms. The summed E-state index contributed by atoms with van der Waals surface area (Å²) in [6.45, 7) is 2.65. The molecule has 0 aliphatic heterocycles. The average Bonchev–Trinajstić information content (AvgIpc) is 2.67. The van der Waals surface area contributed by atoms with E-state index in [1.807, 2.05) is 0 Å². The Balaban J connectivity index is 1.93. The molecule has 1 saturated carbocycles. The molecule has 0 heterocycles. The van der Waals surface area contributed by atoms with Crippen LogP contribution in [0.2, 0.25) is 0 Å². The third-order valence-corrected chi connectivity index (χ3v) is 7.03. The maximum absolute atomic E-state index is 12.5. The van der Waals surface area contributed by atoms with Crippen molar-refractivity contribution < 1.29 is 27.7 Å². The average molecular weight is 412 g/mol. The van der Waals surface area contributed by atoms with Crippen LogP contribution < -0.4 is 5.32 Å². The number of hydrogen-bond donors (Lipinski definition) is 1. The molecule has 2 rings (SSSR count). The fourth-order valence-corrected chi connectivity index (χ4v) is 4.37. The van der Waals surface area contributed by atoms with Gasteiger partial charge in [-0.2, -0.15) is 0 Å². The number of benzene rings is 1. The standard InChI is InChI=1S/C18H24N2O7S/c1-12-5-3-4-6-16(12)19-17(21)11-27-18(22)13(2)28(25,26)15-9-7-14(8-10-15)20(23)24/h7-10,12-13,16H,3-6,11H2,1-2H3,(H,19,21)/t12-,13-,16-/m1/s1. The van der Waals surface area contributed by atoms with Gasteiger partial charge < -0.3 is 10.1 Å². The first kappa shape index (κ1) is 21.8. The largest absolute Gasteiger partial charge is 0.455 e. The smallest absolute Gasteiger partial charge is 0.324 e. The van der Waals surface area contributed by atoms with Crippen LogP contribution in [-0.4, -0.2) is 43.1 Å². The van der Waals surface area contributed by atoms with Crippen molar-refractivity contribution in [3.8, 4) is 0 Å². The molecule has 1 amide bonds. The number of nitro groups is 1. The second-order valence-electron chi connectivity index (χ2n) is 6.98. The van der Waals surface area contributed by atoms with Gasteiger partial charge in [-0.05, 0) is 37.8 Å². The molecule has 1 fully saturated rings. The van der Waals surface area contributed by atoms with E-state index in [2.05, 4.69) is 12.2 Å². The van der Waals surface area contributed by atoms with Gasteiger partial charge in [0.1, 0.15) is 0 Å². The molecule has 9 nitrogen and oxygen atoms in total. The Hall–Kier alpha value is -2.49. The maximum Gasteiger partial charge on any atom is 0.324 e. The van der Waals surface area contributed by atoms with E-state index >= 15 is 0 Å². The van der Waals surface area contributed by atoms with Crippen LogP contribution in [-0.2, 0) is 24.2 Å². The van der Waals surface area contributed by atoms with Gasteiger partial charge in [0.2, 0.25) is 0 Å². The highest BCUT2D eigenvalue weighted by Gasteiger charge is 2.32. The Bertz CT molecular complexity index is 836. The van der Waals surface area contributed by atoms with Gasteiger partial charge in [0, 0.05) is 18.2 Å². The summed E-state index contributed by atoms with van der Waals surface area (Å²) in [4.78, 5) is 33.9. The van der Waals surface area contributed by atoms with Gasteiger partial charge in [-0.15, -0.1) is 0 Å². The molecule has 10 heteroatoms. The van der Waals surface area contributed by atoms with E-state index in [4.69, 9.17) is 4.74 Å². The number of amides is 1. The molecule has 0 spiro atoms. The molecule has 0 aromatic heterocycles. The van der Waals surface area contributed by atoms with Gasteiger partial charge in [0.25, 0.3) is 11.6 Å². The Labute approximate surface area is 163 Å². The Kier molecular flexibility index (Phi) is 7.11. The molecule has 154 valence electrons. The number of sulfone groups is 1. The predicted octanol–water partition coefficient (Wildman–Crippen LogP) is 2.00. The zero-order chi connectivity index (χ0) is 20.9. The Morgan fingerprint density at radius 2 is 1.86 bits per heavy atom. The molecular weight excluding hydrogens is 388 g/mol. The summed E-state index contributed by atoms with van der Waals surface area (Å²) in [5.74, 6) is -1.17. The van der Waals surface area contributed by atoms with Crippen LogP contribution in [0.1, 0.15) is 39.5 Å². The highest BCUT2D eigenvalue weighted by atomic mass is 32.2.